The minimum absolute atomic E-state index is 0.229. The lowest BCUT2D eigenvalue weighted by atomic mass is 9.62. The second kappa shape index (κ2) is 11.6. The fraction of sp³-hybridized carbons (Fsp3) is 0.379. The van der Waals surface area contributed by atoms with Crippen LogP contribution < -0.4 is 0 Å². The second-order valence-corrected chi connectivity index (χ2v) is 9.09. The van der Waals surface area contributed by atoms with Crippen LogP contribution in [0, 0.1) is 23.7 Å². The van der Waals surface area contributed by atoms with E-state index in [0.29, 0.717) is 30.1 Å². The molecule has 2 aromatic rings. The maximum Gasteiger partial charge on any atom is 0.303 e. The Morgan fingerprint density at radius 3 is 2.21 bits per heavy atom. The van der Waals surface area contributed by atoms with Crippen LogP contribution in [-0.4, -0.2) is 17.3 Å². The summed E-state index contributed by atoms with van der Waals surface area (Å²) in [7, 11) is 0. The Kier molecular flexibility index (Phi) is 8.13. The fourth-order valence-corrected chi connectivity index (χ4v) is 5.17. The number of hydrogen-bond acceptors (Lipinski definition) is 3. The van der Waals surface area contributed by atoms with E-state index >= 15 is 0 Å². The predicted octanol–water partition coefficient (Wildman–Crippen LogP) is 6.81. The number of carboxylic acid groups (broad SMARTS) is 1. The van der Waals surface area contributed by atoms with Crippen molar-refractivity contribution in [2.24, 2.45) is 28.8 Å². The number of benzene rings is 2. The second-order valence-electron chi connectivity index (χ2n) is 9.09. The van der Waals surface area contributed by atoms with Gasteiger partial charge in [0.1, 0.15) is 0 Å². The standard InChI is InChI=1S/C29H33NO3/c31-28(32)16-10-2-1-9-15-26-22-17-19-23(20-18-22)27(26)21-30-33-29(24-11-5-3-6-12-24)25-13-7-4-8-14-25/h1,3-9,11-14,17,19,21-23,26-27,29H,2,10,15-16,18,20H2,(H,31,32)/b9-1-,30-21+/t22-,23+,26+,27+/m1/s1. The quantitative estimate of drug-likeness (QED) is 0.180. The lowest BCUT2D eigenvalue weighted by molar-refractivity contribution is -0.137. The average molecular weight is 444 g/mol. The Balaban J connectivity index is 1.42. The predicted molar refractivity (Wildman–Crippen MR) is 132 cm³/mol. The lowest BCUT2D eigenvalue weighted by Crippen LogP contribution is -2.37. The minimum Gasteiger partial charge on any atom is -0.481 e. The van der Waals surface area contributed by atoms with Gasteiger partial charge in [-0.15, -0.1) is 0 Å². The van der Waals surface area contributed by atoms with Gasteiger partial charge in [-0.25, -0.2) is 0 Å². The number of carboxylic acids is 1. The van der Waals surface area contributed by atoms with E-state index in [-0.39, 0.29) is 12.5 Å². The summed E-state index contributed by atoms with van der Waals surface area (Å²) in [5, 5.41) is 13.3. The Morgan fingerprint density at radius 1 is 0.970 bits per heavy atom. The Hall–Kier alpha value is -3.14. The van der Waals surface area contributed by atoms with Crippen molar-refractivity contribution in [1.82, 2.24) is 0 Å². The van der Waals surface area contributed by atoms with Gasteiger partial charge in [-0.1, -0.05) is 90.1 Å². The highest BCUT2D eigenvalue weighted by atomic mass is 16.6. The van der Waals surface area contributed by atoms with Crippen LogP contribution in [0.1, 0.15) is 55.8 Å². The van der Waals surface area contributed by atoms with E-state index in [2.05, 4.69) is 53.7 Å². The van der Waals surface area contributed by atoms with E-state index in [9.17, 15) is 4.79 Å². The molecule has 1 N–H and O–H groups in total. The number of rotatable bonds is 11. The number of hydrogen-bond donors (Lipinski definition) is 1. The summed E-state index contributed by atoms with van der Waals surface area (Å²) in [4.78, 5) is 16.8. The maximum absolute atomic E-state index is 10.7. The van der Waals surface area contributed by atoms with Gasteiger partial charge in [-0.3, -0.25) is 4.79 Å². The monoisotopic (exact) mass is 443 g/mol. The molecular formula is C29H33NO3. The van der Waals surface area contributed by atoms with E-state index in [1.165, 1.54) is 12.8 Å². The lowest BCUT2D eigenvalue weighted by Gasteiger charge is -2.43. The molecule has 172 valence electrons. The van der Waals surface area contributed by atoms with Gasteiger partial charge in [0.05, 0.1) is 0 Å². The first-order chi connectivity index (χ1) is 16.2. The molecule has 0 aliphatic heterocycles. The summed E-state index contributed by atoms with van der Waals surface area (Å²) in [5.74, 6) is 1.25. The van der Waals surface area contributed by atoms with Gasteiger partial charge in [-0.2, -0.15) is 0 Å². The van der Waals surface area contributed by atoms with Crippen LogP contribution in [-0.2, 0) is 9.63 Å². The zero-order chi connectivity index (χ0) is 22.9. The first-order valence-electron chi connectivity index (χ1n) is 12.1. The molecule has 0 saturated heterocycles. The number of carbonyl (C=O) groups is 1. The number of aliphatic carboxylic acids is 1. The zero-order valence-electron chi connectivity index (χ0n) is 19.0. The topological polar surface area (TPSA) is 58.9 Å². The molecule has 2 aromatic carbocycles. The third-order valence-electron chi connectivity index (χ3n) is 6.92. The van der Waals surface area contributed by atoms with Gasteiger partial charge < -0.3 is 9.94 Å². The molecule has 0 unspecified atom stereocenters. The highest BCUT2D eigenvalue weighted by molar-refractivity contribution is 5.66. The smallest absolute Gasteiger partial charge is 0.303 e. The zero-order valence-corrected chi connectivity index (χ0v) is 19.0. The summed E-state index contributed by atoms with van der Waals surface area (Å²) in [6.07, 6.45) is 16.1. The number of allylic oxidation sites excluding steroid dienone is 4. The molecule has 3 aliphatic carbocycles. The van der Waals surface area contributed by atoms with E-state index in [0.717, 1.165) is 24.0 Å². The van der Waals surface area contributed by atoms with Gasteiger partial charge in [0.2, 0.25) is 0 Å². The Labute approximate surface area is 196 Å². The molecule has 1 saturated carbocycles. The summed E-state index contributed by atoms with van der Waals surface area (Å²) < 4.78 is 0. The number of unbranched alkanes of at least 4 members (excludes halogenated alkanes) is 1. The van der Waals surface area contributed by atoms with E-state index in [1.807, 2.05) is 42.6 Å². The summed E-state index contributed by atoms with van der Waals surface area (Å²) in [6, 6.07) is 20.5. The third-order valence-corrected chi connectivity index (χ3v) is 6.92. The molecule has 0 aromatic heterocycles. The SMILES string of the molecule is O=C(O)CCC/C=C\C[C@@H]1[C@@H](/C=N/OC(c2ccccc2)c2ccccc2)[C@H]2C=C[C@@H]1CC2. The van der Waals surface area contributed by atoms with Crippen molar-refractivity contribution in [2.45, 2.75) is 44.6 Å². The van der Waals surface area contributed by atoms with Crippen LogP contribution in [0.5, 0.6) is 0 Å². The van der Waals surface area contributed by atoms with Gasteiger partial charge in [-0.05, 0) is 61.0 Å². The molecule has 4 heteroatoms. The summed E-state index contributed by atoms with van der Waals surface area (Å²) in [6.45, 7) is 0. The molecule has 1 fully saturated rings. The normalized spacial score (nSPS) is 24.2. The molecule has 33 heavy (non-hydrogen) atoms. The highest BCUT2D eigenvalue weighted by Crippen LogP contribution is 2.45. The highest BCUT2D eigenvalue weighted by Gasteiger charge is 2.39. The van der Waals surface area contributed by atoms with Gasteiger partial charge in [0, 0.05) is 18.6 Å². The van der Waals surface area contributed by atoms with Crippen molar-refractivity contribution in [3.8, 4) is 0 Å². The van der Waals surface area contributed by atoms with Crippen molar-refractivity contribution in [3.63, 3.8) is 0 Å². The van der Waals surface area contributed by atoms with Gasteiger partial charge in [0.25, 0.3) is 0 Å². The van der Waals surface area contributed by atoms with Crippen molar-refractivity contribution in [3.05, 3.63) is 96.1 Å². The number of nitrogens with zero attached hydrogens (tertiary/aromatic N) is 1. The molecule has 0 spiro atoms. The van der Waals surface area contributed by atoms with Crippen LogP contribution >= 0.6 is 0 Å². The number of fused-ring (bicyclic) bond motifs is 2. The van der Waals surface area contributed by atoms with Crippen LogP contribution in [0.2, 0.25) is 0 Å². The first kappa shape index (κ1) is 23.0. The minimum atomic E-state index is -0.723. The molecule has 4 atom stereocenters. The molecule has 0 radical (unpaired) electrons. The van der Waals surface area contributed by atoms with Gasteiger partial charge in [0.15, 0.2) is 6.10 Å². The maximum atomic E-state index is 10.7. The Morgan fingerprint density at radius 2 is 1.61 bits per heavy atom. The molecule has 2 bridgehead atoms. The first-order valence-corrected chi connectivity index (χ1v) is 12.1. The molecule has 4 nitrogen and oxygen atoms in total. The molecule has 0 amide bonds. The molecule has 3 aliphatic rings. The molecule has 5 rings (SSSR count). The van der Waals surface area contributed by atoms with Crippen molar-refractivity contribution < 1.29 is 14.7 Å². The largest absolute Gasteiger partial charge is 0.481 e. The van der Waals surface area contributed by atoms with E-state index in [4.69, 9.17) is 9.94 Å². The Bertz CT molecular complexity index is 927. The molecule has 0 heterocycles. The van der Waals surface area contributed by atoms with Crippen LogP contribution in [0.15, 0.2) is 90.1 Å². The fourth-order valence-electron chi connectivity index (χ4n) is 5.17. The average Bonchev–Trinajstić information content (AvgIpc) is 2.86. The van der Waals surface area contributed by atoms with E-state index < -0.39 is 5.97 Å². The van der Waals surface area contributed by atoms with Crippen molar-refractivity contribution >= 4 is 12.2 Å². The van der Waals surface area contributed by atoms with Crippen LogP contribution in [0.3, 0.4) is 0 Å². The third kappa shape index (κ3) is 6.22. The van der Waals surface area contributed by atoms with Crippen molar-refractivity contribution in [1.29, 1.82) is 0 Å². The van der Waals surface area contributed by atoms with Gasteiger partial charge >= 0.3 is 5.97 Å². The molecular weight excluding hydrogens is 410 g/mol. The van der Waals surface area contributed by atoms with Crippen LogP contribution in [0.25, 0.3) is 0 Å². The van der Waals surface area contributed by atoms with Crippen molar-refractivity contribution in [2.75, 3.05) is 0 Å². The summed E-state index contributed by atoms with van der Waals surface area (Å²) in [5.41, 5.74) is 2.18. The van der Waals surface area contributed by atoms with E-state index in [1.54, 1.807) is 0 Å². The summed E-state index contributed by atoms with van der Waals surface area (Å²) >= 11 is 0. The number of oxime groups is 1. The van der Waals surface area contributed by atoms with Crippen LogP contribution in [0.4, 0.5) is 0 Å².